The van der Waals surface area contributed by atoms with Gasteiger partial charge in [-0.15, -0.1) is 0 Å². The lowest BCUT2D eigenvalue weighted by molar-refractivity contribution is -0.131. The molecule has 0 aromatic heterocycles. The first-order chi connectivity index (χ1) is 7.22. The van der Waals surface area contributed by atoms with E-state index in [0.29, 0.717) is 6.61 Å². The molecule has 0 aromatic carbocycles. The molecule has 0 saturated heterocycles. The van der Waals surface area contributed by atoms with Gasteiger partial charge in [0.1, 0.15) is 6.10 Å². The molecule has 4 heteroatoms. The van der Waals surface area contributed by atoms with Crippen molar-refractivity contribution in [3.05, 3.63) is 0 Å². The van der Waals surface area contributed by atoms with Crippen molar-refractivity contribution >= 4 is 5.91 Å². The minimum atomic E-state index is -0.439. The van der Waals surface area contributed by atoms with E-state index in [0.717, 1.165) is 6.42 Å². The normalized spacial score (nSPS) is 12.5. The van der Waals surface area contributed by atoms with Gasteiger partial charge >= 0.3 is 0 Å². The van der Waals surface area contributed by atoms with Gasteiger partial charge in [-0.2, -0.15) is 0 Å². The molecule has 0 saturated carbocycles. The summed E-state index contributed by atoms with van der Waals surface area (Å²) in [6.45, 7) is 4.55. The van der Waals surface area contributed by atoms with Crippen LogP contribution >= 0.6 is 0 Å². The van der Waals surface area contributed by atoms with Gasteiger partial charge in [0, 0.05) is 6.61 Å². The molecule has 1 unspecified atom stereocenters. The third-order valence-corrected chi connectivity index (χ3v) is 2.38. The van der Waals surface area contributed by atoms with Crippen LogP contribution in [-0.2, 0) is 9.53 Å². The first-order valence-corrected chi connectivity index (χ1v) is 5.84. The van der Waals surface area contributed by atoms with Crippen molar-refractivity contribution in [3.63, 3.8) is 0 Å². The van der Waals surface area contributed by atoms with Crippen LogP contribution in [0.2, 0.25) is 0 Å². The lowest BCUT2D eigenvalue weighted by Gasteiger charge is -2.10. The van der Waals surface area contributed by atoms with E-state index < -0.39 is 6.10 Å². The second-order valence-corrected chi connectivity index (χ2v) is 3.79. The zero-order valence-electron chi connectivity index (χ0n) is 9.92. The Labute approximate surface area is 92.5 Å². The highest BCUT2D eigenvalue weighted by molar-refractivity contribution is 5.79. The maximum absolute atomic E-state index is 11.0. The smallest absolute Gasteiger partial charge is 0.262 e. The Morgan fingerprint density at radius 3 is 2.47 bits per heavy atom. The van der Waals surface area contributed by atoms with Gasteiger partial charge in [-0.1, -0.05) is 39.0 Å². The number of ether oxygens (including phenoxy) is 1. The lowest BCUT2D eigenvalue weighted by Crippen LogP contribution is -2.39. The van der Waals surface area contributed by atoms with Crippen LogP contribution < -0.4 is 11.3 Å². The molecule has 1 atom stereocenters. The van der Waals surface area contributed by atoms with Crippen molar-refractivity contribution in [2.24, 2.45) is 5.84 Å². The highest BCUT2D eigenvalue weighted by Crippen LogP contribution is 2.05. The number of nitrogens with two attached hydrogens (primary N) is 1. The van der Waals surface area contributed by atoms with E-state index >= 15 is 0 Å². The molecule has 0 bridgehead atoms. The largest absolute Gasteiger partial charge is 0.369 e. The van der Waals surface area contributed by atoms with E-state index in [4.69, 9.17) is 10.6 Å². The van der Waals surface area contributed by atoms with E-state index in [1.54, 1.807) is 6.92 Å². The van der Waals surface area contributed by atoms with Crippen molar-refractivity contribution in [3.8, 4) is 0 Å². The molecule has 0 heterocycles. The van der Waals surface area contributed by atoms with Gasteiger partial charge in [0.2, 0.25) is 0 Å². The molecule has 1 amide bonds. The van der Waals surface area contributed by atoms with Crippen molar-refractivity contribution in [2.75, 3.05) is 6.61 Å². The van der Waals surface area contributed by atoms with Crippen LogP contribution in [0.4, 0.5) is 0 Å². The predicted octanol–water partition coefficient (Wildman–Crippen LogP) is 1.74. The Morgan fingerprint density at radius 1 is 1.27 bits per heavy atom. The summed E-state index contributed by atoms with van der Waals surface area (Å²) in [6, 6.07) is 0. The van der Waals surface area contributed by atoms with E-state index in [1.807, 2.05) is 0 Å². The molecular weight excluding hydrogens is 192 g/mol. The van der Waals surface area contributed by atoms with Crippen molar-refractivity contribution in [1.29, 1.82) is 0 Å². The Hall–Kier alpha value is -0.610. The summed E-state index contributed by atoms with van der Waals surface area (Å²) in [6.07, 6.45) is 6.90. The summed E-state index contributed by atoms with van der Waals surface area (Å²) in [7, 11) is 0. The Balaban J connectivity index is 3.20. The molecule has 0 fully saturated rings. The van der Waals surface area contributed by atoms with Gasteiger partial charge in [-0.25, -0.2) is 5.84 Å². The Morgan fingerprint density at radius 2 is 1.87 bits per heavy atom. The van der Waals surface area contributed by atoms with Crippen molar-refractivity contribution < 1.29 is 9.53 Å². The molecule has 3 N–H and O–H groups in total. The lowest BCUT2D eigenvalue weighted by atomic mass is 10.1. The monoisotopic (exact) mass is 216 g/mol. The van der Waals surface area contributed by atoms with Gasteiger partial charge in [-0.3, -0.25) is 10.2 Å². The molecule has 0 aliphatic heterocycles. The molecule has 0 aromatic rings. The molecule has 0 aliphatic carbocycles. The van der Waals surface area contributed by atoms with Crippen LogP contribution in [0.5, 0.6) is 0 Å². The topological polar surface area (TPSA) is 64.3 Å². The molecule has 0 spiro atoms. The standard InChI is InChI=1S/C11H24N2O2/c1-3-4-5-6-7-8-9-15-10(2)11(14)13-12/h10H,3-9,12H2,1-2H3,(H,13,14). The summed E-state index contributed by atoms with van der Waals surface area (Å²) in [5.74, 6) is 4.72. The van der Waals surface area contributed by atoms with Crippen LogP contribution in [0.25, 0.3) is 0 Å². The fourth-order valence-corrected chi connectivity index (χ4v) is 1.34. The number of hydrazine groups is 1. The molecule has 4 nitrogen and oxygen atoms in total. The highest BCUT2D eigenvalue weighted by Gasteiger charge is 2.10. The van der Waals surface area contributed by atoms with Crippen LogP contribution in [0.1, 0.15) is 52.4 Å². The fraction of sp³-hybridized carbons (Fsp3) is 0.909. The van der Waals surface area contributed by atoms with Gasteiger partial charge in [-0.05, 0) is 13.3 Å². The SMILES string of the molecule is CCCCCCCCOC(C)C(=O)NN. The maximum Gasteiger partial charge on any atom is 0.262 e. The number of hydrogen-bond acceptors (Lipinski definition) is 3. The van der Waals surface area contributed by atoms with E-state index in [1.165, 1.54) is 32.1 Å². The second-order valence-electron chi connectivity index (χ2n) is 3.79. The minimum absolute atomic E-state index is 0.263. The van der Waals surface area contributed by atoms with Gasteiger partial charge in [0.05, 0.1) is 0 Å². The van der Waals surface area contributed by atoms with Crippen LogP contribution in [0.15, 0.2) is 0 Å². The predicted molar refractivity (Wildman–Crippen MR) is 61.1 cm³/mol. The zero-order valence-corrected chi connectivity index (χ0v) is 9.92. The number of unbranched alkanes of at least 4 members (excludes halogenated alkanes) is 5. The summed E-state index contributed by atoms with van der Waals surface area (Å²) in [5.41, 5.74) is 2.07. The number of carbonyl (C=O) groups is 1. The molecule has 90 valence electrons. The summed E-state index contributed by atoms with van der Waals surface area (Å²) < 4.78 is 5.31. The first kappa shape index (κ1) is 14.4. The van der Waals surface area contributed by atoms with E-state index in [9.17, 15) is 4.79 Å². The number of carbonyl (C=O) groups excluding carboxylic acids is 1. The number of nitrogens with one attached hydrogen (secondary N) is 1. The average molecular weight is 216 g/mol. The molecule has 15 heavy (non-hydrogen) atoms. The number of rotatable bonds is 9. The summed E-state index contributed by atoms with van der Waals surface area (Å²) in [4.78, 5) is 11.0. The van der Waals surface area contributed by atoms with Gasteiger partial charge in [0.15, 0.2) is 0 Å². The Bertz CT molecular complexity index is 163. The van der Waals surface area contributed by atoms with Gasteiger partial charge in [0.25, 0.3) is 5.91 Å². The molecular formula is C11H24N2O2. The van der Waals surface area contributed by atoms with Crippen molar-refractivity contribution in [2.45, 2.75) is 58.5 Å². The highest BCUT2D eigenvalue weighted by atomic mass is 16.5. The van der Waals surface area contributed by atoms with Crippen LogP contribution in [0, 0.1) is 0 Å². The third-order valence-electron chi connectivity index (χ3n) is 2.38. The van der Waals surface area contributed by atoms with Gasteiger partial charge < -0.3 is 4.74 Å². The van der Waals surface area contributed by atoms with Crippen LogP contribution in [-0.4, -0.2) is 18.6 Å². The average Bonchev–Trinajstić information content (AvgIpc) is 2.26. The Kier molecular flexibility index (Phi) is 9.52. The number of hydrogen-bond donors (Lipinski definition) is 2. The summed E-state index contributed by atoms with van der Waals surface area (Å²) in [5, 5.41) is 0. The maximum atomic E-state index is 11.0. The molecule has 0 rings (SSSR count). The van der Waals surface area contributed by atoms with E-state index in [2.05, 4.69) is 12.3 Å². The molecule has 0 aliphatic rings. The van der Waals surface area contributed by atoms with Crippen LogP contribution in [0.3, 0.4) is 0 Å². The minimum Gasteiger partial charge on any atom is -0.369 e. The molecule has 0 radical (unpaired) electrons. The number of amides is 1. The first-order valence-electron chi connectivity index (χ1n) is 5.84. The zero-order chi connectivity index (χ0) is 11.5. The fourth-order valence-electron chi connectivity index (χ4n) is 1.34. The summed E-state index contributed by atoms with van der Waals surface area (Å²) >= 11 is 0. The van der Waals surface area contributed by atoms with Crippen molar-refractivity contribution in [1.82, 2.24) is 5.43 Å². The van der Waals surface area contributed by atoms with E-state index in [-0.39, 0.29) is 5.91 Å². The second kappa shape index (κ2) is 9.93. The third kappa shape index (κ3) is 8.39. The quantitative estimate of drug-likeness (QED) is 0.267.